The van der Waals surface area contributed by atoms with Gasteiger partial charge in [-0.15, -0.1) is 5.10 Å². The van der Waals surface area contributed by atoms with E-state index in [1.165, 1.54) is 19.3 Å². The topological polar surface area (TPSA) is 45.5 Å². The summed E-state index contributed by atoms with van der Waals surface area (Å²) in [5.74, 6) is 0.818. The zero-order valence-electron chi connectivity index (χ0n) is 11.7. The van der Waals surface area contributed by atoms with E-state index in [1.54, 1.807) is 0 Å². The van der Waals surface area contributed by atoms with Gasteiger partial charge in [0.05, 0.1) is 0 Å². The van der Waals surface area contributed by atoms with E-state index in [0.29, 0.717) is 6.04 Å². The minimum Gasteiger partial charge on any atom is -0.338 e. The maximum atomic E-state index is 4.62. The highest BCUT2D eigenvalue weighted by molar-refractivity contribution is 9.10. The summed E-state index contributed by atoms with van der Waals surface area (Å²) in [5, 5.41) is 8.17. The van der Waals surface area contributed by atoms with Gasteiger partial charge in [-0.25, -0.2) is 4.52 Å². The molecule has 1 aliphatic rings. The summed E-state index contributed by atoms with van der Waals surface area (Å²) in [4.78, 5) is 6.87. The van der Waals surface area contributed by atoms with Crippen LogP contribution in [0.25, 0.3) is 5.65 Å². The Kier molecular flexibility index (Phi) is 4.21. The van der Waals surface area contributed by atoms with E-state index in [2.05, 4.69) is 43.2 Å². The second-order valence-corrected chi connectivity index (χ2v) is 6.16. The van der Waals surface area contributed by atoms with Gasteiger partial charge in [0, 0.05) is 29.8 Å². The number of pyridine rings is 1. The SMILES string of the molecule is CCN(CC1CCCCN1)c1nc2ccc(Br)cn2n1. The zero-order chi connectivity index (χ0) is 13.9. The molecule has 1 atom stereocenters. The summed E-state index contributed by atoms with van der Waals surface area (Å²) in [5.41, 5.74) is 0.887. The summed E-state index contributed by atoms with van der Waals surface area (Å²) in [6.07, 6.45) is 5.80. The minimum atomic E-state index is 0.557. The summed E-state index contributed by atoms with van der Waals surface area (Å²) in [7, 11) is 0. The fourth-order valence-corrected chi connectivity index (χ4v) is 3.00. The largest absolute Gasteiger partial charge is 0.338 e. The highest BCUT2D eigenvalue weighted by Gasteiger charge is 2.18. The molecule has 0 amide bonds. The number of hydrogen-bond donors (Lipinski definition) is 1. The van der Waals surface area contributed by atoms with Crippen molar-refractivity contribution in [3.8, 4) is 0 Å². The Bertz CT molecular complexity index is 576. The van der Waals surface area contributed by atoms with Crippen LogP contribution < -0.4 is 10.2 Å². The molecule has 1 saturated heterocycles. The lowest BCUT2D eigenvalue weighted by Gasteiger charge is -2.29. The average molecular weight is 338 g/mol. The number of fused-ring (bicyclic) bond motifs is 1. The highest BCUT2D eigenvalue weighted by atomic mass is 79.9. The summed E-state index contributed by atoms with van der Waals surface area (Å²) < 4.78 is 2.84. The minimum absolute atomic E-state index is 0.557. The molecule has 2 aromatic rings. The molecule has 108 valence electrons. The van der Waals surface area contributed by atoms with Gasteiger partial charge >= 0.3 is 0 Å². The third-order valence-electron chi connectivity index (χ3n) is 3.80. The number of nitrogens with zero attached hydrogens (tertiary/aromatic N) is 4. The van der Waals surface area contributed by atoms with Crippen LogP contribution in [0.2, 0.25) is 0 Å². The van der Waals surface area contributed by atoms with Crippen LogP contribution in [0, 0.1) is 0 Å². The Balaban J connectivity index is 1.79. The number of piperidine rings is 1. The third kappa shape index (κ3) is 2.96. The third-order valence-corrected chi connectivity index (χ3v) is 4.27. The van der Waals surface area contributed by atoms with Gasteiger partial charge in [0.1, 0.15) is 0 Å². The standard InChI is InChI=1S/C14H20BrN5/c1-2-19(10-12-5-3-4-8-16-12)14-17-13-7-6-11(15)9-20(13)18-14/h6-7,9,12,16H,2-5,8,10H2,1H3. The predicted molar refractivity (Wildman–Crippen MR) is 84.2 cm³/mol. The van der Waals surface area contributed by atoms with Crippen molar-refractivity contribution in [3.05, 3.63) is 22.8 Å². The molecule has 0 radical (unpaired) electrons. The van der Waals surface area contributed by atoms with Crippen molar-refractivity contribution in [1.82, 2.24) is 19.9 Å². The van der Waals surface area contributed by atoms with Crippen LogP contribution in [0.1, 0.15) is 26.2 Å². The van der Waals surface area contributed by atoms with Crippen LogP contribution in [-0.2, 0) is 0 Å². The average Bonchev–Trinajstić information content (AvgIpc) is 2.88. The van der Waals surface area contributed by atoms with Crippen LogP contribution in [0.3, 0.4) is 0 Å². The molecule has 1 N–H and O–H groups in total. The van der Waals surface area contributed by atoms with Gasteiger partial charge in [0.25, 0.3) is 0 Å². The highest BCUT2D eigenvalue weighted by Crippen LogP contribution is 2.16. The molecule has 3 heterocycles. The Labute approximate surface area is 127 Å². The summed E-state index contributed by atoms with van der Waals surface area (Å²) >= 11 is 3.46. The lowest BCUT2D eigenvalue weighted by molar-refractivity contribution is 0.399. The van der Waals surface area contributed by atoms with Crippen molar-refractivity contribution in [2.75, 3.05) is 24.5 Å². The molecule has 0 bridgehead atoms. The van der Waals surface area contributed by atoms with E-state index >= 15 is 0 Å². The van der Waals surface area contributed by atoms with Crippen molar-refractivity contribution in [2.45, 2.75) is 32.2 Å². The van der Waals surface area contributed by atoms with E-state index in [9.17, 15) is 0 Å². The fraction of sp³-hybridized carbons (Fsp3) is 0.571. The molecule has 0 saturated carbocycles. The number of rotatable bonds is 4. The molecule has 3 rings (SSSR count). The first-order chi connectivity index (χ1) is 9.76. The molecule has 6 heteroatoms. The number of hydrogen-bond acceptors (Lipinski definition) is 4. The molecule has 2 aromatic heterocycles. The number of anilines is 1. The van der Waals surface area contributed by atoms with Gasteiger partial charge in [0.15, 0.2) is 5.65 Å². The first-order valence-corrected chi connectivity index (χ1v) is 8.06. The number of nitrogens with one attached hydrogen (secondary N) is 1. The second-order valence-electron chi connectivity index (χ2n) is 5.25. The first kappa shape index (κ1) is 13.8. The van der Waals surface area contributed by atoms with Gasteiger partial charge in [-0.05, 0) is 54.4 Å². The van der Waals surface area contributed by atoms with E-state index in [0.717, 1.165) is 35.7 Å². The number of halogens is 1. The molecule has 1 fully saturated rings. The van der Waals surface area contributed by atoms with Crippen LogP contribution in [0.15, 0.2) is 22.8 Å². The number of aromatic nitrogens is 3. The zero-order valence-corrected chi connectivity index (χ0v) is 13.3. The molecule has 0 aromatic carbocycles. The smallest absolute Gasteiger partial charge is 0.245 e. The van der Waals surface area contributed by atoms with Crippen LogP contribution in [0.5, 0.6) is 0 Å². The van der Waals surface area contributed by atoms with E-state index in [4.69, 9.17) is 0 Å². The second kappa shape index (κ2) is 6.10. The van der Waals surface area contributed by atoms with Gasteiger partial charge in [-0.3, -0.25) is 0 Å². The van der Waals surface area contributed by atoms with E-state index in [-0.39, 0.29) is 0 Å². The van der Waals surface area contributed by atoms with Crippen molar-refractivity contribution >= 4 is 27.5 Å². The van der Waals surface area contributed by atoms with Gasteiger partial charge in [0.2, 0.25) is 5.95 Å². The number of likely N-dealkylation sites (N-methyl/N-ethyl adjacent to an activating group) is 1. The van der Waals surface area contributed by atoms with Crippen LogP contribution in [0.4, 0.5) is 5.95 Å². The molecule has 0 spiro atoms. The van der Waals surface area contributed by atoms with Gasteiger partial charge in [-0.1, -0.05) is 6.42 Å². The van der Waals surface area contributed by atoms with Crippen molar-refractivity contribution in [3.63, 3.8) is 0 Å². The van der Waals surface area contributed by atoms with Crippen LogP contribution >= 0.6 is 15.9 Å². The van der Waals surface area contributed by atoms with Crippen molar-refractivity contribution in [1.29, 1.82) is 0 Å². The van der Waals surface area contributed by atoms with Crippen molar-refractivity contribution < 1.29 is 0 Å². The Morgan fingerprint density at radius 1 is 1.45 bits per heavy atom. The molecular weight excluding hydrogens is 318 g/mol. The molecule has 5 nitrogen and oxygen atoms in total. The maximum absolute atomic E-state index is 4.62. The summed E-state index contributed by atoms with van der Waals surface area (Å²) in [6.45, 7) is 5.20. The lowest BCUT2D eigenvalue weighted by atomic mass is 10.0. The van der Waals surface area contributed by atoms with E-state index < -0.39 is 0 Å². The first-order valence-electron chi connectivity index (χ1n) is 7.26. The predicted octanol–water partition coefficient (Wildman–Crippen LogP) is 2.46. The van der Waals surface area contributed by atoms with Gasteiger partial charge < -0.3 is 10.2 Å². The van der Waals surface area contributed by atoms with Crippen LogP contribution in [-0.4, -0.2) is 40.3 Å². The maximum Gasteiger partial charge on any atom is 0.245 e. The summed E-state index contributed by atoms with van der Waals surface area (Å²) in [6, 6.07) is 4.53. The van der Waals surface area contributed by atoms with Gasteiger partial charge in [-0.2, -0.15) is 4.98 Å². The molecule has 20 heavy (non-hydrogen) atoms. The van der Waals surface area contributed by atoms with Crippen molar-refractivity contribution in [2.24, 2.45) is 0 Å². The molecule has 1 unspecified atom stereocenters. The lowest BCUT2D eigenvalue weighted by Crippen LogP contribution is -2.44. The molecule has 1 aliphatic heterocycles. The Hall–Kier alpha value is -1.14. The Morgan fingerprint density at radius 3 is 3.10 bits per heavy atom. The Morgan fingerprint density at radius 2 is 2.35 bits per heavy atom. The molecule has 0 aliphatic carbocycles. The monoisotopic (exact) mass is 337 g/mol. The fourth-order valence-electron chi connectivity index (χ4n) is 2.68. The van der Waals surface area contributed by atoms with E-state index in [1.807, 2.05) is 22.8 Å². The molecular formula is C14H20BrN5. The normalized spacial score (nSPS) is 19.4. The quantitative estimate of drug-likeness (QED) is 0.930.